The Morgan fingerprint density at radius 1 is 0.702 bits per heavy atom. The van der Waals surface area contributed by atoms with Crippen molar-refractivity contribution in [3.05, 3.63) is 98.2 Å². The van der Waals surface area contributed by atoms with Gasteiger partial charge in [-0.25, -0.2) is 0 Å². The standard InChI is InChI=1S/C38H24O5S4/c39-29-22-10-4-2-8-20(22)24(31(29)41)14-18-16-26-34(44-18)28-36(46-26)37-33(43-38(28)12-6-1-7-13-38)35-27(47-37)17-19(45-35)15-25-21-9-3-5-11-23(21)30(40)32(25)42/h2-5,8-11,14-17,32,42H,1,6-7,12-13H2/b24-14-,25-15-. The molecule has 0 amide bonds. The number of rotatable bonds is 2. The van der Waals surface area contributed by atoms with Crippen LogP contribution in [0.15, 0.2) is 60.7 Å². The Morgan fingerprint density at radius 2 is 1.34 bits per heavy atom. The molecule has 1 fully saturated rings. The lowest BCUT2D eigenvalue weighted by molar-refractivity contribution is -0.109. The zero-order chi connectivity index (χ0) is 31.6. The molecule has 1 spiro atoms. The van der Waals surface area contributed by atoms with E-state index in [2.05, 4.69) is 12.1 Å². The predicted molar refractivity (Wildman–Crippen MR) is 192 cm³/mol. The molecular formula is C38H24O5S4. The van der Waals surface area contributed by atoms with Crippen LogP contribution in [0.5, 0.6) is 5.75 Å². The van der Waals surface area contributed by atoms with Gasteiger partial charge in [-0.15, -0.1) is 45.3 Å². The molecule has 10 rings (SSSR count). The van der Waals surface area contributed by atoms with Crippen molar-refractivity contribution in [2.45, 2.75) is 43.8 Å². The van der Waals surface area contributed by atoms with Gasteiger partial charge in [0.15, 0.2) is 11.5 Å². The molecule has 230 valence electrons. The summed E-state index contributed by atoms with van der Waals surface area (Å²) in [4.78, 5) is 42.7. The van der Waals surface area contributed by atoms with Gasteiger partial charge in [-0.3, -0.25) is 14.4 Å². The number of Topliss-reactive ketones (excluding diaryl/α,β-unsaturated/α-hetero) is 3. The van der Waals surface area contributed by atoms with Gasteiger partial charge < -0.3 is 9.84 Å². The molecule has 9 heteroatoms. The third-order valence-corrected chi connectivity index (χ3v) is 14.7. The number of hydrogen-bond acceptors (Lipinski definition) is 9. The van der Waals surface area contributed by atoms with E-state index in [1.807, 2.05) is 42.5 Å². The molecule has 1 atom stereocenters. The van der Waals surface area contributed by atoms with Crippen LogP contribution in [0.25, 0.3) is 51.9 Å². The maximum absolute atomic E-state index is 12.9. The van der Waals surface area contributed by atoms with Crippen LogP contribution in [0.3, 0.4) is 0 Å². The highest BCUT2D eigenvalue weighted by atomic mass is 32.1. The minimum atomic E-state index is -1.15. The Kier molecular flexibility index (Phi) is 5.98. The molecule has 1 N–H and O–H groups in total. The van der Waals surface area contributed by atoms with Crippen LogP contribution in [0.4, 0.5) is 0 Å². The molecule has 47 heavy (non-hydrogen) atoms. The van der Waals surface area contributed by atoms with Gasteiger partial charge in [0.2, 0.25) is 11.6 Å². The monoisotopic (exact) mass is 688 g/mol. The zero-order valence-electron chi connectivity index (χ0n) is 24.8. The summed E-state index contributed by atoms with van der Waals surface area (Å²) in [5.41, 5.74) is 4.56. The van der Waals surface area contributed by atoms with Gasteiger partial charge >= 0.3 is 0 Å². The maximum Gasteiger partial charge on any atom is 0.234 e. The lowest BCUT2D eigenvalue weighted by atomic mass is 9.78. The van der Waals surface area contributed by atoms with E-state index < -0.39 is 23.3 Å². The summed E-state index contributed by atoms with van der Waals surface area (Å²) < 4.78 is 11.9. The number of aliphatic hydroxyl groups excluding tert-OH is 1. The van der Waals surface area contributed by atoms with E-state index in [4.69, 9.17) is 4.74 Å². The summed E-state index contributed by atoms with van der Waals surface area (Å²) in [5.74, 6) is -0.156. The molecular weight excluding hydrogens is 665 g/mol. The molecule has 5 nitrogen and oxygen atoms in total. The molecule has 0 radical (unpaired) electrons. The third-order valence-electron chi connectivity index (χ3n) is 9.89. The summed E-state index contributed by atoms with van der Waals surface area (Å²) in [5, 5.41) is 10.8. The molecule has 6 aromatic rings. The Hall–Kier alpha value is -3.99. The van der Waals surface area contributed by atoms with Gasteiger partial charge in [-0.05, 0) is 66.7 Å². The van der Waals surface area contributed by atoms with Crippen molar-refractivity contribution in [2.24, 2.45) is 0 Å². The van der Waals surface area contributed by atoms with E-state index in [1.54, 1.807) is 63.5 Å². The van der Waals surface area contributed by atoms with Gasteiger partial charge in [0.05, 0.1) is 23.9 Å². The number of benzene rings is 2. The minimum absolute atomic E-state index is 0.247. The average molecular weight is 689 g/mol. The summed E-state index contributed by atoms with van der Waals surface area (Å²) in [6.07, 6.45) is 7.99. The highest BCUT2D eigenvalue weighted by molar-refractivity contribution is 7.35. The molecule has 5 heterocycles. The van der Waals surface area contributed by atoms with Crippen LogP contribution in [0.1, 0.15) is 79.3 Å². The summed E-state index contributed by atoms with van der Waals surface area (Å²) in [7, 11) is 0. The van der Waals surface area contributed by atoms with E-state index >= 15 is 0 Å². The largest absolute Gasteiger partial charge is 0.479 e. The number of hydrogen-bond donors (Lipinski definition) is 1. The van der Waals surface area contributed by atoms with E-state index in [9.17, 15) is 19.5 Å². The second-order valence-electron chi connectivity index (χ2n) is 12.6. The molecule has 4 aliphatic rings. The number of aliphatic hydroxyl groups is 1. The van der Waals surface area contributed by atoms with Crippen LogP contribution < -0.4 is 4.74 Å². The smallest absolute Gasteiger partial charge is 0.234 e. The summed E-state index contributed by atoms with van der Waals surface area (Å²) in [6.45, 7) is 0. The quantitative estimate of drug-likeness (QED) is 0.145. The van der Waals surface area contributed by atoms with Crippen molar-refractivity contribution in [3.8, 4) is 15.5 Å². The molecule has 3 aliphatic carbocycles. The molecule has 1 unspecified atom stereocenters. The van der Waals surface area contributed by atoms with E-state index in [0.717, 1.165) is 61.0 Å². The predicted octanol–water partition coefficient (Wildman–Crippen LogP) is 9.86. The summed E-state index contributed by atoms with van der Waals surface area (Å²) >= 11 is 6.89. The molecule has 1 aliphatic heterocycles. The van der Waals surface area contributed by atoms with Gasteiger partial charge in [0.1, 0.15) is 11.7 Å². The molecule has 2 aromatic carbocycles. The van der Waals surface area contributed by atoms with E-state index in [1.165, 1.54) is 26.3 Å². The number of allylic oxidation sites excluding steroid dienone is 1. The van der Waals surface area contributed by atoms with Gasteiger partial charge in [-0.1, -0.05) is 55.0 Å². The van der Waals surface area contributed by atoms with Gasteiger partial charge in [0.25, 0.3) is 0 Å². The highest BCUT2D eigenvalue weighted by Crippen LogP contribution is 2.62. The second-order valence-corrected chi connectivity index (χ2v) is 16.9. The van der Waals surface area contributed by atoms with Crippen LogP contribution >= 0.6 is 45.3 Å². The number of ketones is 3. The van der Waals surface area contributed by atoms with Crippen LogP contribution in [0, 0.1) is 0 Å². The number of carbonyl (C=O) groups excluding carboxylic acids is 3. The maximum atomic E-state index is 12.9. The van der Waals surface area contributed by atoms with Crippen molar-refractivity contribution in [1.29, 1.82) is 0 Å². The average Bonchev–Trinajstić information content (AvgIpc) is 3.91. The Morgan fingerprint density at radius 3 is 2.13 bits per heavy atom. The number of fused-ring (bicyclic) bond motifs is 10. The first-order valence-electron chi connectivity index (χ1n) is 15.7. The number of ether oxygens (including phenoxy) is 1. The zero-order valence-corrected chi connectivity index (χ0v) is 28.0. The highest BCUT2D eigenvalue weighted by Gasteiger charge is 2.46. The van der Waals surface area contributed by atoms with Crippen molar-refractivity contribution >= 4 is 105 Å². The molecule has 4 aromatic heterocycles. The SMILES string of the molecule is O=C1C(=O)c2ccccc2/C1=C/c1cc2sc3c(c2s1)C1(CCCCC1)Oc1c-3sc2cc(/C=C3/c4ccccc4C(=O)C3O)sc12. The van der Waals surface area contributed by atoms with Crippen LogP contribution in [-0.4, -0.2) is 28.6 Å². The van der Waals surface area contributed by atoms with E-state index in [-0.39, 0.29) is 5.78 Å². The molecule has 1 saturated carbocycles. The minimum Gasteiger partial charge on any atom is -0.479 e. The van der Waals surface area contributed by atoms with Crippen molar-refractivity contribution in [2.75, 3.05) is 0 Å². The first kappa shape index (κ1) is 28.1. The normalized spacial score (nSPS) is 21.2. The lowest BCUT2D eigenvalue weighted by Crippen LogP contribution is -2.37. The Bertz CT molecular complexity index is 2450. The number of carbonyl (C=O) groups is 3. The lowest BCUT2D eigenvalue weighted by Gasteiger charge is -2.40. The van der Waals surface area contributed by atoms with Crippen LogP contribution in [0.2, 0.25) is 0 Å². The molecule has 0 saturated heterocycles. The Balaban J connectivity index is 1.09. The van der Waals surface area contributed by atoms with Crippen LogP contribution in [-0.2, 0) is 10.4 Å². The fourth-order valence-electron chi connectivity index (χ4n) is 7.74. The summed E-state index contributed by atoms with van der Waals surface area (Å²) in [6, 6.07) is 19.0. The second kappa shape index (κ2) is 10.0. The molecule has 0 bridgehead atoms. The topological polar surface area (TPSA) is 80.7 Å². The first-order valence-corrected chi connectivity index (χ1v) is 18.9. The third kappa shape index (κ3) is 3.92. The fraction of sp³-hybridized carbons (Fsp3) is 0.184. The Labute approximate surface area is 285 Å². The van der Waals surface area contributed by atoms with Crippen molar-refractivity contribution in [3.63, 3.8) is 0 Å². The number of thiophene rings is 4. The van der Waals surface area contributed by atoms with Crippen molar-refractivity contribution < 1.29 is 24.2 Å². The van der Waals surface area contributed by atoms with E-state index in [0.29, 0.717) is 27.8 Å². The van der Waals surface area contributed by atoms with Crippen molar-refractivity contribution in [1.82, 2.24) is 0 Å². The van der Waals surface area contributed by atoms with Gasteiger partial charge in [0, 0.05) is 36.7 Å². The van der Waals surface area contributed by atoms with Gasteiger partial charge in [-0.2, -0.15) is 0 Å². The first-order chi connectivity index (χ1) is 22.9. The fourth-order valence-corrected chi connectivity index (χ4v) is 13.1.